The summed E-state index contributed by atoms with van der Waals surface area (Å²) in [6.07, 6.45) is 2.71. The van der Waals surface area contributed by atoms with Crippen LogP contribution in [0.4, 0.5) is 5.69 Å². The molecule has 1 aliphatic rings. The molecule has 1 atom stereocenters. The molecule has 1 saturated heterocycles. The monoisotopic (exact) mass is 395 g/mol. The summed E-state index contributed by atoms with van der Waals surface area (Å²) in [6, 6.07) is 15.4. The normalized spacial score (nSPS) is 17.7. The van der Waals surface area contributed by atoms with Crippen LogP contribution in [0.3, 0.4) is 0 Å². The molecule has 28 heavy (non-hydrogen) atoms. The van der Waals surface area contributed by atoms with Gasteiger partial charge in [-0.1, -0.05) is 36.4 Å². The molecule has 7 heteroatoms. The summed E-state index contributed by atoms with van der Waals surface area (Å²) in [5.41, 5.74) is 2.06. The summed E-state index contributed by atoms with van der Waals surface area (Å²) in [5.74, 6) is -0.302. The zero-order valence-corrected chi connectivity index (χ0v) is 16.3. The van der Waals surface area contributed by atoms with Crippen LogP contribution in [0.2, 0.25) is 0 Å². The molecule has 2 aromatic carbocycles. The molecule has 0 radical (unpaired) electrons. The molecule has 0 unspecified atom stereocenters. The molecule has 1 aliphatic heterocycles. The Morgan fingerprint density at radius 1 is 1.11 bits per heavy atom. The van der Waals surface area contributed by atoms with Gasteiger partial charge >= 0.3 is 0 Å². The Labute approximate surface area is 164 Å². The van der Waals surface area contributed by atoms with Gasteiger partial charge in [0, 0.05) is 23.8 Å². The largest absolute Gasteiger partial charge is 0.324 e. The van der Waals surface area contributed by atoms with Crippen LogP contribution in [0, 0.1) is 6.92 Å². The van der Waals surface area contributed by atoms with Gasteiger partial charge < -0.3 is 5.32 Å². The first-order valence-electron chi connectivity index (χ1n) is 9.20. The molecule has 3 aromatic rings. The summed E-state index contributed by atoms with van der Waals surface area (Å²) >= 11 is 0. The van der Waals surface area contributed by atoms with Gasteiger partial charge in [0.2, 0.25) is 15.9 Å². The second-order valence-corrected chi connectivity index (χ2v) is 8.77. The molecular formula is C21H21N3O3S. The Balaban J connectivity index is 1.67. The van der Waals surface area contributed by atoms with Crippen LogP contribution in [0.5, 0.6) is 0 Å². The van der Waals surface area contributed by atoms with Crippen molar-refractivity contribution in [3.63, 3.8) is 0 Å². The van der Waals surface area contributed by atoms with Gasteiger partial charge in [0.15, 0.2) is 0 Å². The molecule has 1 N–H and O–H groups in total. The van der Waals surface area contributed by atoms with Crippen LogP contribution < -0.4 is 5.32 Å². The van der Waals surface area contributed by atoms with Gasteiger partial charge in [0.25, 0.3) is 0 Å². The second-order valence-electron chi connectivity index (χ2n) is 6.91. The summed E-state index contributed by atoms with van der Waals surface area (Å²) in [5, 5.41) is 3.64. The van der Waals surface area contributed by atoms with Crippen LogP contribution in [0.15, 0.2) is 65.7 Å². The van der Waals surface area contributed by atoms with E-state index < -0.39 is 16.1 Å². The van der Waals surface area contributed by atoms with Crippen molar-refractivity contribution < 1.29 is 13.2 Å². The number of benzene rings is 2. The summed E-state index contributed by atoms with van der Waals surface area (Å²) in [7, 11) is -3.85. The van der Waals surface area contributed by atoms with Gasteiger partial charge in [-0.15, -0.1) is 0 Å². The van der Waals surface area contributed by atoms with E-state index in [1.807, 2.05) is 43.3 Å². The number of sulfonamides is 1. The van der Waals surface area contributed by atoms with Crippen molar-refractivity contribution in [1.82, 2.24) is 9.29 Å². The number of carbonyl (C=O) groups is 1. The van der Waals surface area contributed by atoms with Crippen molar-refractivity contribution >= 4 is 32.5 Å². The number of carbonyl (C=O) groups excluding carboxylic acids is 1. The first kappa shape index (κ1) is 18.6. The summed E-state index contributed by atoms with van der Waals surface area (Å²) in [6.45, 7) is 2.22. The number of pyridine rings is 1. The second kappa shape index (κ2) is 7.33. The number of hydrogen-bond donors (Lipinski definition) is 1. The lowest BCUT2D eigenvalue weighted by molar-refractivity contribution is -0.119. The van der Waals surface area contributed by atoms with Crippen molar-refractivity contribution in [1.29, 1.82) is 0 Å². The molecule has 1 fully saturated rings. The highest BCUT2D eigenvalue weighted by Gasteiger charge is 2.40. The standard InChI is InChI=1S/C21H21N3O3S/c1-15-7-2-3-10-17(15)23-21(25)18-11-6-14-24(18)28(26,27)19-12-4-8-16-9-5-13-22-20(16)19/h2-5,7-10,12-13,18H,6,11,14H2,1H3,(H,23,25)/t18-/m0/s1. The average Bonchev–Trinajstić information content (AvgIpc) is 3.20. The molecule has 2 heterocycles. The molecule has 144 valence electrons. The van der Waals surface area contributed by atoms with E-state index in [0.717, 1.165) is 10.9 Å². The van der Waals surface area contributed by atoms with E-state index in [4.69, 9.17) is 0 Å². The van der Waals surface area contributed by atoms with Crippen LogP contribution in [0.1, 0.15) is 18.4 Å². The molecule has 6 nitrogen and oxygen atoms in total. The van der Waals surface area contributed by atoms with Crippen molar-refractivity contribution in [2.45, 2.75) is 30.7 Å². The molecule has 0 spiro atoms. The Hall–Kier alpha value is -2.77. The molecule has 4 rings (SSSR count). The minimum atomic E-state index is -3.85. The van der Waals surface area contributed by atoms with Gasteiger partial charge in [-0.3, -0.25) is 9.78 Å². The highest BCUT2D eigenvalue weighted by molar-refractivity contribution is 7.89. The Morgan fingerprint density at radius 3 is 2.71 bits per heavy atom. The maximum atomic E-state index is 13.4. The summed E-state index contributed by atoms with van der Waals surface area (Å²) in [4.78, 5) is 17.3. The minimum Gasteiger partial charge on any atom is -0.324 e. The quantitative estimate of drug-likeness (QED) is 0.735. The van der Waals surface area contributed by atoms with Crippen LogP contribution in [-0.2, 0) is 14.8 Å². The first-order chi connectivity index (χ1) is 13.5. The van der Waals surface area contributed by atoms with Crippen molar-refractivity contribution in [2.75, 3.05) is 11.9 Å². The van der Waals surface area contributed by atoms with Gasteiger partial charge in [-0.05, 0) is 43.5 Å². The van der Waals surface area contributed by atoms with E-state index >= 15 is 0 Å². The Bertz CT molecular complexity index is 1140. The smallest absolute Gasteiger partial charge is 0.245 e. The van der Waals surface area contributed by atoms with E-state index in [9.17, 15) is 13.2 Å². The number of nitrogens with one attached hydrogen (secondary N) is 1. The molecule has 0 saturated carbocycles. The highest BCUT2D eigenvalue weighted by Crippen LogP contribution is 2.30. The van der Waals surface area contributed by atoms with E-state index in [0.29, 0.717) is 30.6 Å². The molecule has 0 aliphatic carbocycles. The van der Waals surface area contributed by atoms with Crippen molar-refractivity contribution in [3.8, 4) is 0 Å². The number of fused-ring (bicyclic) bond motifs is 1. The topological polar surface area (TPSA) is 79.4 Å². The fourth-order valence-corrected chi connectivity index (χ4v) is 5.45. The lowest BCUT2D eigenvalue weighted by atomic mass is 10.1. The predicted octanol–water partition coefficient (Wildman–Crippen LogP) is 3.34. The zero-order valence-electron chi connectivity index (χ0n) is 15.5. The number of rotatable bonds is 4. The zero-order chi connectivity index (χ0) is 19.7. The summed E-state index contributed by atoms with van der Waals surface area (Å²) < 4.78 is 28.1. The third-order valence-electron chi connectivity index (χ3n) is 5.09. The average molecular weight is 395 g/mol. The van der Waals surface area contributed by atoms with E-state index in [-0.39, 0.29) is 10.8 Å². The molecular weight excluding hydrogens is 374 g/mol. The first-order valence-corrected chi connectivity index (χ1v) is 10.6. The Kier molecular flexibility index (Phi) is 4.87. The third kappa shape index (κ3) is 3.27. The minimum absolute atomic E-state index is 0.140. The van der Waals surface area contributed by atoms with Gasteiger partial charge in [0.05, 0.1) is 5.52 Å². The predicted molar refractivity (Wildman–Crippen MR) is 108 cm³/mol. The van der Waals surface area contributed by atoms with Crippen molar-refractivity contribution in [3.05, 3.63) is 66.4 Å². The number of hydrogen-bond acceptors (Lipinski definition) is 4. The number of amides is 1. The lowest BCUT2D eigenvalue weighted by Gasteiger charge is -2.24. The van der Waals surface area contributed by atoms with Crippen LogP contribution in [0.25, 0.3) is 10.9 Å². The molecule has 0 bridgehead atoms. The maximum Gasteiger partial charge on any atom is 0.245 e. The number of aryl methyl sites for hydroxylation is 1. The SMILES string of the molecule is Cc1ccccc1NC(=O)[C@@H]1CCCN1S(=O)(=O)c1cccc2cccnc12. The van der Waals surface area contributed by atoms with E-state index in [1.54, 1.807) is 24.4 Å². The number of para-hydroxylation sites is 2. The lowest BCUT2D eigenvalue weighted by Crippen LogP contribution is -2.43. The number of nitrogens with zero attached hydrogens (tertiary/aromatic N) is 2. The van der Waals surface area contributed by atoms with Crippen LogP contribution >= 0.6 is 0 Å². The Morgan fingerprint density at radius 2 is 1.89 bits per heavy atom. The fourth-order valence-electron chi connectivity index (χ4n) is 3.63. The number of anilines is 1. The van der Waals surface area contributed by atoms with Crippen LogP contribution in [-0.4, -0.2) is 36.2 Å². The van der Waals surface area contributed by atoms with E-state index in [1.165, 1.54) is 4.31 Å². The molecule has 1 aromatic heterocycles. The molecule has 1 amide bonds. The maximum absolute atomic E-state index is 13.4. The third-order valence-corrected chi connectivity index (χ3v) is 7.03. The van der Waals surface area contributed by atoms with Gasteiger partial charge in [-0.2, -0.15) is 4.31 Å². The number of aromatic nitrogens is 1. The highest BCUT2D eigenvalue weighted by atomic mass is 32.2. The fraction of sp³-hybridized carbons (Fsp3) is 0.238. The van der Waals surface area contributed by atoms with Gasteiger partial charge in [-0.25, -0.2) is 8.42 Å². The van der Waals surface area contributed by atoms with E-state index in [2.05, 4.69) is 10.3 Å². The van der Waals surface area contributed by atoms with Gasteiger partial charge in [0.1, 0.15) is 10.9 Å². The van der Waals surface area contributed by atoms with Crippen molar-refractivity contribution in [2.24, 2.45) is 0 Å².